The van der Waals surface area contributed by atoms with Gasteiger partial charge in [-0.15, -0.1) is 0 Å². The summed E-state index contributed by atoms with van der Waals surface area (Å²) in [5, 5.41) is 4.10. The smallest absolute Gasteiger partial charge is 0.190 e. The number of thioether (sulfide) groups is 1. The van der Waals surface area contributed by atoms with Gasteiger partial charge in [0, 0.05) is 11.8 Å². The second kappa shape index (κ2) is 6.66. The summed E-state index contributed by atoms with van der Waals surface area (Å²) < 4.78 is 5.37. The number of hydrogen-bond acceptors (Lipinski definition) is 5. The van der Waals surface area contributed by atoms with E-state index in [1.807, 2.05) is 30.3 Å². The molecule has 112 valence electrons. The highest BCUT2D eigenvalue weighted by atomic mass is 32.2. The van der Waals surface area contributed by atoms with Gasteiger partial charge in [-0.1, -0.05) is 36.4 Å². The van der Waals surface area contributed by atoms with Crippen LogP contribution in [0.1, 0.15) is 18.2 Å². The average Bonchev–Trinajstić information content (AvgIpc) is 3.13. The Bertz CT molecular complexity index is 728. The monoisotopic (exact) mass is 311 g/mol. The van der Waals surface area contributed by atoms with E-state index in [4.69, 9.17) is 4.42 Å². The van der Waals surface area contributed by atoms with Crippen LogP contribution in [-0.2, 0) is 0 Å². The number of amidine groups is 2. The van der Waals surface area contributed by atoms with E-state index in [0.29, 0.717) is 0 Å². The van der Waals surface area contributed by atoms with Gasteiger partial charge in [-0.25, -0.2) is 9.98 Å². The van der Waals surface area contributed by atoms with Gasteiger partial charge >= 0.3 is 0 Å². The average molecular weight is 311 g/mol. The molecule has 1 aliphatic heterocycles. The number of aliphatic imine (C=N–C) groups is 2. The fourth-order valence-corrected chi connectivity index (χ4v) is 2.58. The minimum Gasteiger partial charge on any atom is -0.465 e. The number of furan rings is 1. The summed E-state index contributed by atoms with van der Waals surface area (Å²) >= 11 is 1.62. The lowest BCUT2D eigenvalue weighted by Gasteiger charge is -2.06. The molecule has 0 spiro atoms. The van der Waals surface area contributed by atoms with Crippen LogP contribution in [0.5, 0.6) is 0 Å². The van der Waals surface area contributed by atoms with Gasteiger partial charge in [-0.3, -0.25) is 0 Å². The Morgan fingerprint density at radius 1 is 1.18 bits per heavy atom. The Morgan fingerprint density at radius 3 is 2.68 bits per heavy atom. The van der Waals surface area contributed by atoms with Crippen molar-refractivity contribution in [2.75, 3.05) is 11.1 Å². The molecule has 1 N–H and O–H groups in total. The van der Waals surface area contributed by atoms with E-state index in [-0.39, 0.29) is 0 Å². The van der Waals surface area contributed by atoms with Gasteiger partial charge in [0.05, 0.1) is 6.26 Å². The molecule has 0 aliphatic carbocycles. The van der Waals surface area contributed by atoms with Crippen LogP contribution in [-0.4, -0.2) is 16.8 Å². The lowest BCUT2D eigenvalue weighted by Crippen LogP contribution is -2.11. The topological polar surface area (TPSA) is 49.9 Å². The summed E-state index contributed by atoms with van der Waals surface area (Å²) in [4.78, 5) is 9.13. The maximum Gasteiger partial charge on any atom is 0.190 e. The SMILES string of the molecule is CCSC1=N/C(=C\c2ccco2)C(Nc2ccc(C)cc2)=N1. The van der Waals surface area contributed by atoms with Crippen LogP contribution >= 0.6 is 11.8 Å². The van der Waals surface area contributed by atoms with E-state index in [2.05, 4.69) is 41.3 Å². The predicted molar refractivity (Wildman–Crippen MR) is 94.5 cm³/mol. The van der Waals surface area contributed by atoms with Crippen molar-refractivity contribution < 1.29 is 4.42 Å². The summed E-state index contributed by atoms with van der Waals surface area (Å²) in [5.74, 6) is 2.45. The van der Waals surface area contributed by atoms with Crippen molar-refractivity contribution in [1.82, 2.24) is 0 Å². The summed E-state index contributed by atoms with van der Waals surface area (Å²) in [5.41, 5.74) is 3.00. The number of aryl methyl sites for hydroxylation is 1. The molecule has 0 amide bonds. The number of anilines is 1. The standard InChI is InChI=1S/C17H17N3OS/c1-3-22-17-19-15(11-14-5-4-10-21-14)16(20-17)18-13-8-6-12(2)7-9-13/h4-11H,3H2,1-2H3,(H,18,19,20)/b15-11-. The second-order valence-electron chi connectivity index (χ2n) is 4.82. The van der Waals surface area contributed by atoms with Crippen molar-refractivity contribution in [3.63, 3.8) is 0 Å². The van der Waals surface area contributed by atoms with E-state index in [1.165, 1.54) is 5.56 Å². The van der Waals surface area contributed by atoms with Gasteiger partial charge in [-0.2, -0.15) is 0 Å². The molecule has 0 radical (unpaired) electrons. The summed E-state index contributed by atoms with van der Waals surface area (Å²) in [6.45, 7) is 4.15. The van der Waals surface area contributed by atoms with E-state index >= 15 is 0 Å². The number of nitrogens with zero attached hydrogens (tertiary/aromatic N) is 2. The molecule has 1 aliphatic rings. The van der Waals surface area contributed by atoms with Gasteiger partial charge in [-0.05, 0) is 36.9 Å². The maximum atomic E-state index is 5.37. The van der Waals surface area contributed by atoms with Crippen LogP contribution in [0.15, 0.2) is 62.8 Å². The number of benzene rings is 1. The normalized spacial score (nSPS) is 15.8. The van der Waals surface area contributed by atoms with Gasteiger partial charge in [0.2, 0.25) is 0 Å². The van der Waals surface area contributed by atoms with Gasteiger partial charge < -0.3 is 9.73 Å². The predicted octanol–water partition coefficient (Wildman–Crippen LogP) is 4.56. The Balaban J connectivity index is 1.86. The fourth-order valence-electron chi connectivity index (χ4n) is 2.00. The quantitative estimate of drug-likeness (QED) is 0.904. The second-order valence-corrected chi connectivity index (χ2v) is 6.05. The molecule has 4 nitrogen and oxygen atoms in total. The van der Waals surface area contributed by atoms with Gasteiger partial charge in [0.15, 0.2) is 11.0 Å². The number of rotatable bonds is 3. The molecule has 2 aromatic rings. The van der Waals surface area contributed by atoms with Crippen LogP contribution in [0.2, 0.25) is 0 Å². The van der Waals surface area contributed by atoms with Crippen molar-refractivity contribution in [3.05, 3.63) is 59.7 Å². The van der Waals surface area contributed by atoms with Crippen molar-refractivity contribution in [2.45, 2.75) is 13.8 Å². The van der Waals surface area contributed by atoms with Crippen LogP contribution in [0.3, 0.4) is 0 Å². The Kier molecular flexibility index (Phi) is 4.44. The zero-order chi connectivity index (χ0) is 15.4. The summed E-state index contributed by atoms with van der Waals surface area (Å²) in [6.07, 6.45) is 3.54. The lowest BCUT2D eigenvalue weighted by atomic mass is 10.2. The molecule has 1 aromatic carbocycles. The van der Waals surface area contributed by atoms with E-state index in [0.717, 1.165) is 33.9 Å². The number of nitrogens with one attached hydrogen (secondary N) is 1. The molecular weight excluding hydrogens is 294 g/mol. The zero-order valence-corrected chi connectivity index (χ0v) is 13.4. The molecule has 0 saturated heterocycles. The summed E-state index contributed by atoms with van der Waals surface area (Å²) in [6, 6.07) is 12.0. The van der Waals surface area contributed by atoms with Crippen LogP contribution in [0, 0.1) is 6.92 Å². The Labute approximate surface area is 134 Å². The van der Waals surface area contributed by atoms with E-state index < -0.39 is 0 Å². The molecule has 0 saturated carbocycles. The van der Waals surface area contributed by atoms with Gasteiger partial charge in [0.1, 0.15) is 11.5 Å². The molecule has 5 heteroatoms. The van der Waals surface area contributed by atoms with Crippen molar-refractivity contribution in [3.8, 4) is 0 Å². The highest BCUT2D eigenvalue weighted by molar-refractivity contribution is 8.13. The minimum absolute atomic E-state index is 0.746. The molecule has 0 fully saturated rings. The maximum absolute atomic E-state index is 5.37. The third-order valence-electron chi connectivity index (χ3n) is 3.08. The first-order chi connectivity index (χ1) is 10.7. The highest BCUT2D eigenvalue weighted by Gasteiger charge is 2.17. The molecule has 0 bridgehead atoms. The lowest BCUT2D eigenvalue weighted by molar-refractivity contribution is 0.557. The van der Waals surface area contributed by atoms with Crippen LogP contribution in [0.4, 0.5) is 5.69 Å². The Morgan fingerprint density at radius 2 is 2.00 bits per heavy atom. The summed E-state index contributed by atoms with van der Waals surface area (Å²) in [7, 11) is 0. The minimum atomic E-state index is 0.746. The van der Waals surface area contributed by atoms with Crippen molar-refractivity contribution >= 4 is 34.5 Å². The van der Waals surface area contributed by atoms with E-state index in [1.54, 1.807) is 18.0 Å². The van der Waals surface area contributed by atoms with Gasteiger partial charge in [0.25, 0.3) is 0 Å². The van der Waals surface area contributed by atoms with E-state index in [9.17, 15) is 0 Å². The molecule has 3 rings (SSSR count). The third-order valence-corrected chi connectivity index (χ3v) is 3.81. The third kappa shape index (κ3) is 3.49. The molecule has 22 heavy (non-hydrogen) atoms. The zero-order valence-electron chi connectivity index (χ0n) is 12.5. The van der Waals surface area contributed by atoms with Crippen LogP contribution in [0.25, 0.3) is 6.08 Å². The molecule has 1 aromatic heterocycles. The fraction of sp³-hybridized carbons (Fsp3) is 0.176. The highest BCUT2D eigenvalue weighted by Crippen LogP contribution is 2.22. The first-order valence-corrected chi connectivity index (χ1v) is 8.12. The molecule has 0 unspecified atom stereocenters. The first kappa shape index (κ1) is 14.7. The first-order valence-electron chi connectivity index (χ1n) is 7.14. The largest absolute Gasteiger partial charge is 0.465 e. The number of hydrogen-bond donors (Lipinski definition) is 1. The Hall–Kier alpha value is -2.27. The van der Waals surface area contributed by atoms with Crippen molar-refractivity contribution in [1.29, 1.82) is 0 Å². The van der Waals surface area contributed by atoms with Crippen LogP contribution < -0.4 is 5.32 Å². The molecule has 0 atom stereocenters. The molecular formula is C17H17N3OS. The van der Waals surface area contributed by atoms with Crippen molar-refractivity contribution in [2.24, 2.45) is 9.98 Å². The molecule has 2 heterocycles.